The molecule has 2 N–H and O–H groups in total. The van der Waals surface area contributed by atoms with Crippen molar-refractivity contribution in [3.63, 3.8) is 0 Å². The maximum absolute atomic E-state index is 11.6. The number of nitrogen functional groups attached to an aromatic ring is 1. The Bertz CT molecular complexity index is 430. The third-order valence-corrected chi connectivity index (χ3v) is 2.28. The Hall–Kier alpha value is -2.11. The molecule has 0 aliphatic rings. The predicted octanol–water partition coefficient (Wildman–Crippen LogP) is 1.08. The largest absolute Gasteiger partial charge is 0.496 e. The lowest BCUT2D eigenvalue weighted by molar-refractivity contribution is 0.0593. The van der Waals surface area contributed by atoms with Crippen molar-refractivity contribution in [3.8, 4) is 17.2 Å². The molecule has 0 heterocycles. The van der Waals surface area contributed by atoms with Gasteiger partial charge in [-0.15, -0.1) is 0 Å². The molecule has 0 saturated heterocycles. The van der Waals surface area contributed by atoms with E-state index >= 15 is 0 Å². The number of carbonyl (C=O) groups is 1. The molecule has 0 radical (unpaired) electrons. The van der Waals surface area contributed by atoms with Gasteiger partial charge in [-0.25, -0.2) is 4.79 Å². The van der Waals surface area contributed by atoms with Gasteiger partial charge in [0.05, 0.1) is 28.4 Å². The standard InChI is InChI=1S/C11H15NO5/c1-14-6-5-7(15-2)9(12)10(16-3)8(6)11(13)17-4/h5H,12H2,1-4H3. The van der Waals surface area contributed by atoms with Crippen LogP contribution in [0.5, 0.6) is 17.2 Å². The molecule has 0 aromatic heterocycles. The van der Waals surface area contributed by atoms with E-state index < -0.39 is 5.97 Å². The van der Waals surface area contributed by atoms with Crippen LogP contribution in [0.2, 0.25) is 0 Å². The second-order valence-corrected chi connectivity index (χ2v) is 3.09. The van der Waals surface area contributed by atoms with Crippen LogP contribution >= 0.6 is 0 Å². The summed E-state index contributed by atoms with van der Waals surface area (Å²) in [7, 11) is 5.55. The number of hydrogen-bond acceptors (Lipinski definition) is 6. The number of carbonyl (C=O) groups excluding carboxylic acids is 1. The molecule has 0 saturated carbocycles. The van der Waals surface area contributed by atoms with E-state index in [1.807, 2.05) is 0 Å². The highest BCUT2D eigenvalue weighted by atomic mass is 16.5. The number of esters is 1. The van der Waals surface area contributed by atoms with Gasteiger partial charge in [-0.3, -0.25) is 0 Å². The Morgan fingerprint density at radius 2 is 1.65 bits per heavy atom. The van der Waals surface area contributed by atoms with Gasteiger partial charge < -0.3 is 24.7 Å². The summed E-state index contributed by atoms with van der Waals surface area (Å²) in [5.74, 6) is 0.229. The van der Waals surface area contributed by atoms with Crippen LogP contribution < -0.4 is 19.9 Å². The highest BCUT2D eigenvalue weighted by molar-refractivity contribution is 5.98. The monoisotopic (exact) mass is 241 g/mol. The fourth-order valence-electron chi connectivity index (χ4n) is 1.46. The van der Waals surface area contributed by atoms with Crippen molar-refractivity contribution in [1.29, 1.82) is 0 Å². The average molecular weight is 241 g/mol. The van der Waals surface area contributed by atoms with Crippen molar-refractivity contribution >= 4 is 11.7 Å². The number of anilines is 1. The van der Waals surface area contributed by atoms with Gasteiger partial charge >= 0.3 is 5.97 Å². The summed E-state index contributed by atoms with van der Waals surface area (Å²) in [6.07, 6.45) is 0. The molecule has 1 aromatic rings. The third kappa shape index (κ3) is 2.20. The highest BCUT2D eigenvalue weighted by Gasteiger charge is 2.24. The molecule has 0 amide bonds. The van der Waals surface area contributed by atoms with Gasteiger partial charge in [-0.2, -0.15) is 0 Å². The Labute approximate surface area is 99.2 Å². The lowest BCUT2D eigenvalue weighted by Gasteiger charge is -2.16. The smallest absolute Gasteiger partial charge is 0.345 e. The van der Waals surface area contributed by atoms with Crippen LogP contribution in [0, 0.1) is 0 Å². The van der Waals surface area contributed by atoms with E-state index in [-0.39, 0.29) is 22.7 Å². The first-order valence-electron chi connectivity index (χ1n) is 4.77. The SMILES string of the molecule is COC(=O)c1c(OC)cc(OC)c(N)c1OC. The molecule has 94 valence electrons. The Morgan fingerprint density at radius 3 is 2.06 bits per heavy atom. The molecule has 0 unspecified atom stereocenters. The molecule has 0 atom stereocenters. The summed E-state index contributed by atoms with van der Waals surface area (Å²) in [6.45, 7) is 0. The van der Waals surface area contributed by atoms with E-state index in [1.54, 1.807) is 0 Å². The Kier molecular flexibility index (Phi) is 4.03. The van der Waals surface area contributed by atoms with Crippen LogP contribution in [0.25, 0.3) is 0 Å². The molecule has 0 aliphatic carbocycles. The molecule has 1 aromatic carbocycles. The maximum Gasteiger partial charge on any atom is 0.345 e. The van der Waals surface area contributed by atoms with E-state index in [0.717, 1.165) is 0 Å². The molecule has 0 aliphatic heterocycles. The Morgan fingerprint density at radius 1 is 1.06 bits per heavy atom. The molecular weight excluding hydrogens is 226 g/mol. The van der Waals surface area contributed by atoms with E-state index in [9.17, 15) is 4.79 Å². The minimum Gasteiger partial charge on any atom is -0.496 e. The van der Waals surface area contributed by atoms with Crippen LogP contribution in [0.1, 0.15) is 10.4 Å². The van der Waals surface area contributed by atoms with Crippen LogP contribution in [-0.2, 0) is 4.74 Å². The predicted molar refractivity (Wildman–Crippen MR) is 61.8 cm³/mol. The fraction of sp³-hybridized carbons (Fsp3) is 0.364. The zero-order valence-electron chi connectivity index (χ0n) is 10.2. The summed E-state index contributed by atoms with van der Waals surface area (Å²) in [4.78, 5) is 11.6. The first-order chi connectivity index (χ1) is 8.10. The van der Waals surface area contributed by atoms with E-state index in [1.165, 1.54) is 34.5 Å². The average Bonchev–Trinajstić information content (AvgIpc) is 2.37. The van der Waals surface area contributed by atoms with E-state index in [4.69, 9.17) is 19.9 Å². The number of benzene rings is 1. The van der Waals surface area contributed by atoms with E-state index in [0.29, 0.717) is 5.75 Å². The van der Waals surface area contributed by atoms with Gasteiger partial charge in [0, 0.05) is 6.07 Å². The summed E-state index contributed by atoms with van der Waals surface area (Å²) in [6, 6.07) is 1.50. The van der Waals surface area contributed by atoms with Crippen LogP contribution in [0.15, 0.2) is 6.07 Å². The number of rotatable bonds is 4. The van der Waals surface area contributed by atoms with Gasteiger partial charge in [0.25, 0.3) is 0 Å². The van der Waals surface area contributed by atoms with Crippen LogP contribution in [0.3, 0.4) is 0 Å². The normalized spacial score (nSPS) is 9.65. The van der Waals surface area contributed by atoms with Gasteiger partial charge in [-0.1, -0.05) is 0 Å². The van der Waals surface area contributed by atoms with Crippen molar-refractivity contribution in [2.45, 2.75) is 0 Å². The minimum atomic E-state index is -0.590. The van der Waals surface area contributed by atoms with Crippen molar-refractivity contribution in [1.82, 2.24) is 0 Å². The van der Waals surface area contributed by atoms with E-state index in [2.05, 4.69) is 4.74 Å². The molecule has 6 nitrogen and oxygen atoms in total. The number of hydrogen-bond donors (Lipinski definition) is 1. The zero-order valence-corrected chi connectivity index (χ0v) is 10.2. The topological polar surface area (TPSA) is 80.0 Å². The molecule has 0 fully saturated rings. The van der Waals surface area contributed by atoms with Gasteiger partial charge in [-0.05, 0) is 0 Å². The molecule has 1 rings (SSSR count). The van der Waals surface area contributed by atoms with Crippen LogP contribution in [0.4, 0.5) is 5.69 Å². The lowest BCUT2D eigenvalue weighted by Crippen LogP contribution is -2.09. The van der Waals surface area contributed by atoms with Gasteiger partial charge in [0.1, 0.15) is 22.7 Å². The van der Waals surface area contributed by atoms with Gasteiger partial charge in [0.15, 0.2) is 5.75 Å². The van der Waals surface area contributed by atoms with Crippen molar-refractivity contribution in [2.24, 2.45) is 0 Å². The maximum atomic E-state index is 11.6. The molecule has 6 heteroatoms. The van der Waals surface area contributed by atoms with Gasteiger partial charge in [0.2, 0.25) is 0 Å². The lowest BCUT2D eigenvalue weighted by atomic mass is 10.1. The second-order valence-electron chi connectivity index (χ2n) is 3.09. The summed E-state index contributed by atoms with van der Waals surface area (Å²) < 4.78 is 19.9. The summed E-state index contributed by atoms with van der Waals surface area (Å²) in [5, 5.41) is 0. The molecular formula is C11H15NO5. The minimum absolute atomic E-state index is 0.135. The van der Waals surface area contributed by atoms with Crippen LogP contribution in [-0.4, -0.2) is 34.4 Å². The van der Waals surface area contributed by atoms with Crippen molar-refractivity contribution in [2.75, 3.05) is 34.2 Å². The Balaban J connectivity index is 3.54. The summed E-state index contributed by atoms with van der Waals surface area (Å²) in [5.41, 5.74) is 6.16. The highest BCUT2D eigenvalue weighted by Crippen LogP contribution is 2.41. The van der Waals surface area contributed by atoms with Crippen molar-refractivity contribution in [3.05, 3.63) is 11.6 Å². The fourth-order valence-corrected chi connectivity index (χ4v) is 1.46. The number of ether oxygens (including phenoxy) is 4. The third-order valence-electron chi connectivity index (χ3n) is 2.28. The molecule has 17 heavy (non-hydrogen) atoms. The first kappa shape index (κ1) is 13.0. The summed E-state index contributed by atoms with van der Waals surface area (Å²) >= 11 is 0. The molecule has 0 spiro atoms. The quantitative estimate of drug-likeness (QED) is 0.627. The molecule has 0 bridgehead atoms. The first-order valence-corrected chi connectivity index (χ1v) is 4.77. The second kappa shape index (κ2) is 5.29. The van der Waals surface area contributed by atoms with Crippen molar-refractivity contribution < 1.29 is 23.7 Å². The number of nitrogens with two attached hydrogens (primary N) is 1. The zero-order chi connectivity index (χ0) is 13.0. The number of methoxy groups -OCH3 is 4.